The van der Waals surface area contributed by atoms with Crippen LogP contribution in [0.3, 0.4) is 0 Å². The van der Waals surface area contributed by atoms with Gasteiger partial charge in [0.05, 0.1) is 22.8 Å². The van der Waals surface area contributed by atoms with Crippen molar-refractivity contribution in [1.82, 2.24) is 29.9 Å². The topological polar surface area (TPSA) is 77.3 Å². The molecule has 0 saturated heterocycles. The SMILES string of the molecule is CC1(C)c2ccccc2-c2ccc(-c3cc(-c4cccc(-c5cccc(-c6cncnc6)n5)c4)cc(-c4cccc(-c5cccc(-c6cncnc6)n5)c4)c3)cc21. The summed E-state index contributed by atoms with van der Waals surface area (Å²) in [6, 6.07) is 52.2. The molecule has 9 aromatic rings. The Kier molecular flexibility index (Phi) is 8.37. The van der Waals surface area contributed by atoms with Crippen LogP contribution in [0.15, 0.2) is 183 Å². The maximum Gasteiger partial charge on any atom is 0.115 e. The zero-order chi connectivity index (χ0) is 38.3. The highest BCUT2D eigenvalue weighted by molar-refractivity contribution is 5.87. The summed E-state index contributed by atoms with van der Waals surface area (Å²) in [6.45, 7) is 4.67. The van der Waals surface area contributed by atoms with Crippen molar-refractivity contribution in [3.63, 3.8) is 0 Å². The van der Waals surface area contributed by atoms with E-state index >= 15 is 0 Å². The van der Waals surface area contributed by atoms with Crippen LogP contribution in [-0.2, 0) is 5.41 Å². The number of hydrogen-bond donors (Lipinski definition) is 0. The molecule has 1 aliphatic carbocycles. The molecule has 4 heterocycles. The predicted octanol–water partition coefficient (Wildman–Crippen LogP) is 12.0. The highest BCUT2D eigenvalue weighted by Crippen LogP contribution is 2.50. The molecule has 0 fully saturated rings. The van der Waals surface area contributed by atoms with Gasteiger partial charge in [-0.1, -0.05) is 98.8 Å². The summed E-state index contributed by atoms with van der Waals surface area (Å²) in [4.78, 5) is 26.8. The number of nitrogens with zero attached hydrogens (tertiary/aromatic N) is 6. The molecule has 0 amide bonds. The third-order valence-electron chi connectivity index (χ3n) is 11.0. The molecule has 0 saturated carbocycles. The largest absolute Gasteiger partial charge is 0.248 e. The highest BCUT2D eigenvalue weighted by atomic mass is 14.8. The van der Waals surface area contributed by atoms with E-state index in [0.717, 1.165) is 72.8 Å². The third-order valence-corrected chi connectivity index (χ3v) is 11.0. The molecule has 6 heteroatoms. The fraction of sp³-hybridized carbons (Fsp3) is 0.0588. The second-order valence-electron chi connectivity index (χ2n) is 15.0. The fourth-order valence-electron chi connectivity index (χ4n) is 8.10. The number of benzene rings is 5. The van der Waals surface area contributed by atoms with E-state index in [4.69, 9.17) is 9.97 Å². The minimum atomic E-state index is -0.105. The summed E-state index contributed by atoms with van der Waals surface area (Å²) in [5.74, 6) is 0. The van der Waals surface area contributed by atoms with Crippen LogP contribution in [0.5, 0.6) is 0 Å². The fourth-order valence-corrected chi connectivity index (χ4v) is 8.10. The Bertz CT molecular complexity index is 2790. The molecule has 4 aromatic heterocycles. The van der Waals surface area contributed by atoms with Crippen LogP contribution < -0.4 is 0 Å². The lowest BCUT2D eigenvalue weighted by Gasteiger charge is -2.22. The molecule has 0 unspecified atom stereocenters. The standard InChI is InChI=1S/C51H36N6/c1-51(2)45-14-4-3-13-43(45)44-20-19-35(26-46(44)51)40-24-38(33-9-5-11-36(21-33)47-15-7-17-49(56-47)41-27-52-31-53-28-41)23-39(25-40)34-10-6-12-37(22-34)48-16-8-18-50(57-48)42-29-54-32-55-30-42/h3-32H,1-2H3. The van der Waals surface area contributed by atoms with Crippen LogP contribution in [0, 0.1) is 0 Å². The first kappa shape index (κ1) is 34.1. The van der Waals surface area contributed by atoms with E-state index in [1.54, 1.807) is 24.8 Å². The van der Waals surface area contributed by atoms with E-state index in [2.05, 4.69) is 155 Å². The quantitative estimate of drug-likeness (QED) is 0.162. The van der Waals surface area contributed by atoms with Gasteiger partial charge in [0, 0.05) is 52.5 Å². The second kappa shape index (κ2) is 14.0. The Labute approximate surface area is 331 Å². The first-order chi connectivity index (χ1) is 28.0. The van der Waals surface area contributed by atoms with Crippen LogP contribution in [0.25, 0.3) is 89.5 Å². The predicted molar refractivity (Wildman–Crippen MR) is 229 cm³/mol. The molecule has 0 N–H and O–H groups in total. The van der Waals surface area contributed by atoms with Gasteiger partial charge in [-0.3, -0.25) is 0 Å². The minimum absolute atomic E-state index is 0.105. The van der Waals surface area contributed by atoms with Crippen LogP contribution in [-0.4, -0.2) is 29.9 Å². The zero-order valence-corrected chi connectivity index (χ0v) is 31.5. The van der Waals surface area contributed by atoms with Gasteiger partial charge in [-0.15, -0.1) is 0 Å². The Hall–Kier alpha value is -7.44. The molecular formula is C51H36N6. The number of fused-ring (bicyclic) bond motifs is 3. The van der Waals surface area contributed by atoms with Crippen molar-refractivity contribution < 1.29 is 0 Å². The molecular weight excluding hydrogens is 697 g/mol. The lowest BCUT2D eigenvalue weighted by molar-refractivity contribution is 0.660. The number of rotatable bonds is 7. The van der Waals surface area contributed by atoms with Crippen molar-refractivity contribution in [2.75, 3.05) is 0 Å². The number of hydrogen-bond acceptors (Lipinski definition) is 6. The summed E-state index contributed by atoms with van der Waals surface area (Å²) < 4.78 is 0. The summed E-state index contributed by atoms with van der Waals surface area (Å²) in [7, 11) is 0. The molecule has 0 spiro atoms. The molecule has 6 nitrogen and oxygen atoms in total. The van der Waals surface area contributed by atoms with Crippen LogP contribution in [0.4, 0.5) is 0 Å². The average Bonchev–Trinajstić information content (AvgIpc) is 3.52. The summed E-state index contributed by atoms with van der Waals surface area (Å²) >= 11 is 0. The summed E-state index contributed by atoms with van der Waals surface area (Å²) in [5.41, 5.74) is 19.3. The van der Waals surface area contributed by atoms with Crippen molar-refractivity contribution in [3.05, 3.63) is 194 Å². The van der Waals surface area contributed by atoms with Gasteiger partial charge in [0.15, 0.2) is 0 Å². The van der Waals surface area contributed by atoms with Crippen molar-refractivity contribution >= 4 is 0 Å². The lowest BCUT2D eigenvalue weighted by atomic mass is 9.81. The van der Waals surface area contributed by atoms with Crippen molar-refractivity contribution in [2.24, 2.45) is 0 Å². The van der Waals surface area contributed by atoms with Crippen LogP contribution in [0.2, 0.25) is 0 Å². The van der Waals surface area contributed by atoms with Gasteiger partial charge in [0.2, 0.25) is 0 Å². The van der Waals surface area contributed by atoms with E-state index < -0.39 is 0 Å². The second-order valence-corrected chi connectivity index (χ2v) is 15.0. The Balaban J connectivity index is 1.10. The summed E-state index contributed by atoms with van der Waals surface area (Å²) in [5, 5.41) is 0. The molecule has 0 bridgehead atoms. The number of pyridine rings is 2. The van der Waals surface area contributed by atoms with Gasteiger partial charge in [0.1, 0.15) is 12.7 Å². The van der Waals surface area contributed by atoms with Gasteiger partial charge in [-0.05, 0) is 116 Å². The molecule has 57 heavy (non-hydrogen) atoms. The molecule has 10 rings (SSSR count). The van der Waals surface area contributed by atoms with Crippen LogP contribution >= 0.6 is 0 Å². The Morgan fingerprint density at radius 3 is 1.25 bits per heavy atom. The van der Waals surface area contributed by atoms with Gasteiger partial charge >= 0.3 is 0 Å². The summed E-state index contributed by atoms with van der Waals surface area (Å²) in [6.07, 6.45) is 10.2. The van der Waals surface area contributed by atoms with E-state index in [9.17, 15) is 0 Å². The monoisotopic (exact) mass is 732 g/mol. The normalized spacial score (nSPS) is 12.5. The van der Waals surface area contributed by atoms with Crippen molar-refractivity contribution in [1.29, 1.82) is 0 Å². The van der Waals surface area contributed by atoms with E-state index in [-0.39, 0.29) is 5.41 Å². The Morgan fingerprint density at radius 2 is 0.719 bits per heavy atom. The smallest absolute Gasteiger partial charge is 0.115 e. The Morgan fingerprint density at radius 1 is 0.316 bits per heavy atom. The van der Waals surface area contributed by atoms with Crippen molar-refractivity contribution in [2.45, 2.75) is 19.3 Å². The van der Waals surface area contributed by atoms with Gasteiger partial charge < -0.3 is 0 Å². The first-order valence-corrected chi connectivity index (χ1v) is 19.0. The van der Waals surface area contributed by atoms with Gasteiger partial charge in [-0.2, -0.15) is 0 Å². The number of aromatic nitrogens is 6. The first-order valence-electron chi connectivity index (χ1n) is 19.0. The van der Waals surface area contributed by atoms with Gasteiger partial charge in [-0.25, -0.2) is 29.9 Å². The molecule has 5 aromatic carbocycles. The highest BCUT2D eigenvalue weighted by Gasteiger charge is 2.35. The maximum absolute atomic E-state index is 5.01. The maximum atomic E-state index is 5.01. The van der Waals surface area contributed by atoms with E-state index in [1.165, 1.54) is 40.5 Å². The van der Waals surface area contributed by atoms with Crippen LogP contribution in [0.1, 0.15) is 25.0 Å². The lowest BCUT2D eigenvalue weighted by Crippen LogP contribution is -2.14. The average molecular weight is 733 g/mol. The molecule has 270 valence electrons. The van der Waals surface area contributed by atoms with E-state index in [1.807, 2.05) is 24.3 Å². The zero-order valence-electron chi connectivity index (χ0n) is 31.5. The minimum Gasteiger partial charge on any atom is -0.248 e. The van der Waals surface area contributed by atoms with Gasteiger partial charge in [0.25, 0.3) is 0 Å². The molecule has 0 radical (unpaired) electrons. The molecule has 0 aliphatic heterocycles. The molecule has 1 aliphatic rings. The third kappa shape index (κ3) is 6.37. The van der Waals surface area contributed by atoms with E-state index in [0.29, 0.717) is 0 Å². The molecule has 0 atom stereocenters. The van der Waals surface area contributed by atoms with Crippen molar-refractivity contribution in [3.8, 4) is 89.5 Å².